The topological polar surface area (TPSA) is 37.8 Å². The van der Waals surface area contributed by atoms with Gasteiger partial charge in [0.25, 0.3) is 0 Å². The van der Waals surface area contributed by atoms with Gasteiger partial charge in [-0.1, -0.05) is 43.6 Å². The van der Waals surface area contributed by atoms with E-state index < -0.39 is 0 Å². The Hall–Kier alpha value is -0.800. The first-order valence-electron chi connectivity index (χ1n) is 4.60. The molecule has 0 aliphatic heterocycles. The minimum absolute atomic E-state index is 0.239. The molecule has 1 N–H and O–H groups in total. The lowest BCUT2D eigenvalue weighted by molar-refractivity contribution is 0.775. The third-order valence-electron chi connectivity index (χ3n) is 1.69. The largest absolute Gasteiger partial charge is 0.365 e. The normalized spacial score (nSPS) is 10.5. The lowest BCUT2D eigenvalue weighted by Gasteiger charge is -2.08. The van der Waals surface area contributed by atoms with E-state index in [-0.39, 0.29) is 5.92 Å². The van der Waals surface area contributed by atoms with E-state index in [2.05, 4.69) is 21.9 Å². The zero-order chi connectivity index (χ0) is 11.4. The van der Waals surface area contributed by atoms with Crippen LogP contribution in [0.5, 0.6) is 0 Å². The van der Waals surface area contributed by atoms with Gasteiger partial charge < -0.3 is 5.32 Å². The van der Waals surface area contributed by atoms with E-state index in [9.17, 15) is 0 Å². The maximum absolute atomic E-state index is 5.86. The number of anilines is 1. The van der Waals surface area contributed by atoms with Crippen molar-refractivity contribution in [2.24, 2.45) is 0 Å². The quantitative estimate of drug-likeness (QED) is 0.827. The van der Waals surface area contributed by atoms with Crippen molar-refractivity contribution in [1.82, 2.24) is 9.97 Å². The monoisotopic (exact) mass is 245 g/mol. The molecule has 15 heavy (non-hydrogen) atoms. The van der Waals surface area contributed by atoms with Crippen molar-refractivity contribution in [3.05, 3.63) is 28.7 Å². The van der Waals surface area contributed by atoms with E-state index in [0.717, 1.165) is 0 Å². The smallest absolute Gasteiger partial charge is 0.135 e. The highest BCUT2D eigenvalue weighted by atomic mass is 35.5. The van der Waals surface area contributed by atoms with Crippen molar-refractivity contribution in [3.8, 4) is 0 Å². The SMILES string of the molecule is C=C(Cl)CNc1cc(Cl)nc(C(C)C)n1. The van der Waals surface area contributed by atoms with Crippen molar-refractivity contribution in [1.29, 1.82) is 0 Å². The van der Waals surface area contributed by atoms with Crippen molar-refractivity contribution < 1.29 is 0 Å². The van der Waals surface area contributed by atoms with Crippen LogP contribution in [-0.4, -0.2) is 16.5 Å². The van der Waals surface area contributed by atoms with Crippen LogP contribution in [0.3, 0.4) is 0 Å². The van der Waals surface area contributed by atoms with Crippen molar-refractivity contribution >= 4 is 29.0 Å². The number of nitrogens with one attached hydrogen (secondary N) is 1. The highest BCUT2D eigenvalue weighted by Gasteiger charge is 2.06. The predicted molar refractivity (Wildman–Crippen MR) is 64.6 cm³/mol. The Kier molecular flexibility index (Phi) is 4.36. The summed E-state index contributed by atoms with van der Waals surface area (Å²) in [6.45, 7) is 8.06. The Bertz CT molecular complexity index is 364. The number of halogens is 2. The highest BCUT2D eigenvalue weighted by Crippen LogP contribution is 2.17. The molecule has 0 aromatic carbocycles. The summed E-state index contributed by atoms with van der Waals surface area (Å²) in [6.07, 6.45) is 0. The van der Waals surface area contributed by atoms with E-state index in [1.807, 2.05) is 13.8 Å². The molecular weight excluding hydrogens is 233 g/mol. The molecule has 3 nitrogen and oxygen atoms in total. The van der Waals surface area contributed by atoms with Gasteiger partial charge in [0.15, 0.2) is 0 Å². The van der Waals surface area contributed by atoms with Gasteiger partial charge in [0.05, 0.1) is 6.54 Å². The molecule has 82 valence electrons. The Morgan fingerprint density at radius 2 is 2.20 bits per heavy atom. The Morgan fingerprint density at radius 3 is 2.73 bits per heavy atom. The molecule has 1 heterocycles. The van der Waals surface area contributed by atoms with Gasteiger partial charge in [-0.2, -0.15) is 0 Å². The summed E-state index contributed by atoms with van der Waals surface area (Å²) in [7, 11) is 0. The lowest BCUT2D eigenvalue weighted by Crippen LogP contribution is -2.06. The molecule has 0 bridgehead atoms. The third kappa shape index (κ3) is 4.06. The Labute approximate surface area is 99.5 Å². The van der Waals surface area contributed by atoms with Crippen LogP contribution >= 0.6 is 23.2 Å². The summed E-state index contributed by atoms with van der Waals surface area (Å²) >= 11 is 11.5. The summed E-state index contributed by atoms with van der Waals surface area (Å²) in [5, 5.41) is 3.96. The van der Waals surface area contributed by atoms with Gasteiger partial charge >= 0.3 is 0 Å². The zero-order valence-corrected chi connectivity index (χ0v) is 10.2. The summed E-state index contributed by atoms with van der Waals surface area (Å²) in [6, 6.07) is 1.66. The third-order valence-corrected chi connectivity index (χ3v) is 2.02. The first-order chi connectivity index (χ1) is 6.99. The van der Waals surface area contributed by atoms with Crippen molar-refractivity contribution in [2.45, 2.75) is 19.8 Å². The zero-order valence-electron chi connectivity index (χ0n) is 8.72. The summed E-state index contributed by atoms with van der Waals surface area (Å²) in [5.74, 6) is 1.62. The van der Waals surface area contributed by atoms with Crippen molar-refractivity contribution in [2.75, 3.05) is 11.9 Å². The highest BCUT2D eigenvalue weighted by molar-refractivity contribution is 6.30. The van der Waals surface area contributed by atoms with Crippen LogP contribution in [0, 0.1) is 0 Å². The molecule has 0 saturated carbocycles. The molecule has 1 aromatic rings. The summed E-state index contributed by atoms with van der Waals surface area (Å²) < 4.78 is 0. The fourth-order valence-electron chi connectivity index (χ4n) is 0.970. The van der Waals surface area contributed by atoms with E-state index >= 15 is 0 Å². The lowest BCUT2D eigenvalue weighted by atomic mass is 10.2. The van der Waals surface area contributed by atoms with Crippen LogP contribution in [-0.2, 0) is 0 Å². The van der Waals surface area contributed by atoms with Crippen LogP contribution in [0.4, 0.5) is 5.82 Å². The van der Waals surface area contributed by atoms with E-state index in [1.54, 1.807) is 6.07 Å². The van der Waals surface area contributed by atoms with Gasteiger partial charge in [-0.15, -0.1) is 0 Å². The molecule has 0 aliphatic carbocycles. The van der Waals surface area contributed by atoms with Crippen molar-refractivity contribution in [3.63, 3.8) is 0 Å². The number of rotatable bonds is 4. The van der Waals surface area contributed by atoms with E-state index in [0.29, 0.717) is 28.4 Å². The molecule has 0 atom stereocenters. The van der Waals surface area contributed by atoms with Crippen LogP contribution in [0.15, 0.2) is 17.7 Å². The van der Waals surface area contributed by atoms with Crippen LogP contribution in [0.1, 0.15) is 25.6 Å². The molecular formula is C10H13Cl2N3. The molecule has 0 aliphatic rings. The molecule has 0 spiro atoms. The second-order valence-electron chi connectivity index (χ2n) is 3.46. The van der Waals surface area contributed by atoms with Gasteiger partial charge in [0, 0.05) is 17.0 Å². The maximum atomic E-state index is 5.86. The Balaban J connectivity index is 2.84. The van der Waals surface area contributed by atoms with Crippen LogP contribution in [0.2, 0.25) is 5.15 Å². The standard InChI is InChI=1S/C10H13Cl2N3/c1-6(2)10-14-8(12)4-9(15-10)13-5-7(3)11/h4,6H,3,5H2,1-2H3,(H,13,14,15). The van der Waals surface area contributed by atoms with Gasteiger partial charge in [0.1, 0.15) is 16.8 Å². The summed E-state index contributed by atoms with van der Waals surface area (Å²) in [4.78, 5) is 8.42. The number of aromatic nitrogens is 2. The molecule has 1 aromatic heterocycles. The predicted octanol–water partition coefficient (Wildman–Crippen LogP) is 3.42. The van der Waals surface area contributed by atoms with Gasteiger partial charge in [-0.3, -0.25) is 0 Å². The number of hydrogen-bond acceptors (Lipinski definition) is 3. The van der Waals surface area contributed by atoms with Gasteiger partial charge in [0.2, 0.25) is 0 Å². The van der Waals surface area contributed by atoms with E-state index in [1.165, 1.54) is 0 Å². The van der Waals surface area contributed by atoms with E-state index in [4.69, 9.17) is 23.2 Å². The summed E-state index contributed by atoms with van der Waals surface area (Å²) in [5.41, 5.74) is 0. The average Bonchev–Trinajstić information content (AvgIpc) is 2.13. The van der Waals surface area contributed by atoms with Gasteiger partial charge in [-0.25, -0.2) is 9.97 Å². The number of nitrogens with zero attached hydrogens (tertiary/aromatic N) is 2. The van der Waals surface area contributed by atoms with Crippen LogP contribution in [0.25, 0.3) is 0 Å². The fourth-order valence-corrected chi connectivity index (χ4v) is 1.23. The van der Waals surface area contributed by atoms with Crippen LogP contribution < -0.4 is 5.32 Å². The first-order valence-corrected chi connectivity index (χ1v) is 5.36. The molecule has 0 unspecified atom stereocenters. The minimum Gasteiger partial charge on any atom is -0.365 e. The fraction of sp³-hybridized carbons (Fsp3) is 0.400. The average molecular weight is 246 g/mol. The molecule has 5 heteroatoms. The first kappa shape index (κ1) is 12.3. The minimum atomic E-state index is 0.239. The molecule has 0 amide bonds. The molecule has 0 radical (unpaired) electrons. The maximum Gasteiger partial charge on any atom is 0.135 e. The molecule has 0 saturated heterocycles. The second-order valence-corrected chi connectivity index (χ2v) is 4.38. The number of hydrogen-bond donors (Lipinski definition) is 1. The van der Waals surface area contributed by atoms with Gasteiger partial charge in [-0.05, 0) is 0 Å². The molecule has 1 rings (SSSR count). The second kappa shape index (κ2) is 5.33. The molecule has 0 fully saturated rings. The Morgan fingerprint density at radius 1 is 1.53 bits per heavy atom.